The molecule has 0 spiro atoms. The van der Waals surface area contributed by atoms with Gasteiger partial charge < -0.3 is 20.1 Å². The quantitative estimate of drug-likeness (QED) is 0.324. The molecule has 38 heavy (non-hydrogen) atoms. The Morgan fingerprint density at radius 1 is 0.658 bits per heavy atom. The van der Waals surface area contributed by atoms with E-state index in [-0.39, 0.29) is 22.5 Å². The van der Waals surface area contributed by atoms with Gasteiger partial charge in [-0.1, -0.05) is 6.07 Å². The summed E-state index contributed by atoms with van der Waals surface area (Å²) in [4.78, 5) is 29.3. The van der Waals surface area contributed by atoms with Crippen LogP contribution in [0.4, 0.5) is 37.7 Å². The number of benzene rings is 2. The first kappa shape index (κ1) is 24.9. The van der Waals surface area contributed by atoms with Gasteiger partial charge >= 0.3 is 12.7 Å². The van der Waals surface area contributed by atoms with Crippen LogP contribution in [0.3, 0.4) is 0 Å². The van der Waals surface area contributed by atoms with E-state index in [2.05, 4.69) is 25.1 Å². The zero-order chi connectivity index (χ0) is 27.2. The van der Waals surface area contributed by atoms with Gasteiger partial charge in [0.2, 0.25) is 0 Å². The van der Waals surface area contributed by atoms with Crippen LogP contribution in [0, 0.1) is 0 Å². The summed E-state index contributed by atoms with van der Waals surface area (Å²) < 4.78 is 82.7. The third kappa shape index (κ3) is 5.31. The Balaban J connectivity index is 1.43. The molecule has 7 nitrogen and oxygen atoms in total. The van der Waals surface area contributed by atoms with Gasteiger partial charge in [-0.2, -0.15) is 0 Å². The SMILES string of the molecule is O=C1Nc2cc(OC(F)(F)F)ccc2/C1=C\c1cccc(/C=C2/C(=O)Nc3cc(OC(F)(F)F)ccc32)n1. The number of rotatable bonds is 4. The molecule has 13 heteroatoms. The van der Waals surface area contributed by atoms with Gasteiger partial charge in [-0.3, -0.25) is 9.59 Å². The molecule has 2 aliphatic heterocycles. The highest BCUT2D eigenvalue weighted by molar-refractivity contribution is 6.35. The highest BCUT2D eigenvalue weighted by atomic mass is 19.4. The molecule has 5 rings (SSSR count). The van der Waals surface area contributed by atoms with Gasteiger partial charge in [-0.05, 0) is 48.6 Å². The lowest BCUT2D eigenvalue weighted by atomic mass is 10.0. The Bertz CT molecular complexity index is 1430. The lowest BCUT2D eigenvalue weighted by Gasteiger charge is -2.09. The minimum absolute atomic E-state index is 0.134. The number of carbonyl (C=O) groups is 2. The number of hydrogen-bond donors (Lipinski definition) is 2. The van der Waals surface area contributed by atoms with Crippen molar-refractivity contribution in [3.05, 3.63) is 77.1 Å². The lowest BCUT2D eigenvalue weighted by Crippen LogP contribution is -2.17. The number of fused-ring (bicyclic) bond motifs is 2. The maximum Gasteiger partial charge on any atom is 0.573 e. The van der Waals surface area contributed by atoms with Crippen molar-refractivity contribution < 1.29 is 45.4 Å². The Morgan fingerprint density at radius 3 is 1.47 bits per heavy atom. The van der Waals surface area contributed by atoms with Crippen LogP contribution in [0.5, 0.6) is 11.5 Å². The van der Waals surface area contributed by atoms with Crippen molar-refractivity contribution in [1.82, 2.24) is 4.98 Å². The molecule has 0 unspecified atom stereocenters. The lowest BCUT2D eigenvalue weighted by molar-refractivity contribution is -0.275. The van der Waals surface area contributed by atoms with E-state index in [1.54, 1.807) is 18.2 Å². The molecule has 2 aliphatic rings. The summed E-state index contributed by atoms with van der Waals surface area (Å²) in [6.45, 7) is 0. The fourth-order valence-corrected chi connectivity index (χ4v) is 3.95. The van der Waals surface area contributed by atoms with Gasteiger partial charge in [-0.15, -0.1) is 26.3 Å². The maximum atomic E-state index is 12.5. The van der Waals surface area contributed by atoms with Crippen molar-refractivity contribution in [2.75, 3.05) is 10.6 Å². The van der Waals surface area contributed by atoms with Gasteiger partial charge in [0, 0.05) is 23.3 Å². The smallest absolute Gasteiger partial charge is 0.406 e. The van der Waals surface area contributed by atoms with Crippen molar-refractivity contribution in [1.29, 1.82) is 0 Å². The van der Waals surface area contributed by atoms with E-state index < -0.39 is 36.0 Å². The second-order valence-corrected chi connectivity index (χ2v) is 8.02. The largest absolute Gasteiger partial charge is 0.573 e. The predicted molar refractivity (Wildman–Crippen MR) is 123 cm³/mol. The van der Waals surface area contributed by atoms with Crippen molar-refractivity contribution in [2.24, 2.45) is 0 Å². The summed E-state index contributed by atoms with van der Waals surface area (Å²) in [6.07, 6.45) is -6.91. The number of nitrogens with zero attached hydrogens (tertiary/aromatic N) is 1. The highest BCUT2D eigenvalue weighted by Crippen LogP contribution is 2.38. The Hall–Kier alpha value is -4.81. The number of alkyl halides is 6. The van der Waals surface area contributed by atoms with Crippen molar-refractivity contribution >= 4 is 46.5 Å². The minimum Gasteiger partial charge on any atom is -0.406 e. The number of hydrogen-bond acceptors (Lipinski definition) is 5. The second-order valence-electron chi connectivity index (χ2n) is 8.02. The number of halogens is 6. The number of ether oxygens (including phenoxy) is 2. The third-order valence-electron chi connectivity index (χ3n) is 5.39. The molecule has 3 aromatic rings. The van der Waals surface area contributed by atoms with E-state index in [0.29, 0.717) is 22.5 Å². The molecule has 3 heterocycles. The van der Waals surface area contributed by atoms with Crippen LogP contribution in [0.2, 0.25) is 0 Å². The Morgan fingerprint density at radius 2 is 1.08 bits per heavy atom. The van der Waals surface area contributed by atoms with Crippen LogP contribution < -0.4 is 20.1 Å². The maximum absolute atomic E-state index is 12.5. The molecule has 0 fully saturated rings. The standard InChI is InChI=1S/C25H13F6N3O4/c26-24(27,28)37-14-4-6-16-18(22(35)33-20(16)10-14)8-12-2-1-3-13(32-12)9-19-17-7-5-15(38-25(29,30)31)11-21(17)34-23(19)36/h1-11H,(H,33,35)(H,34,36)/b18-8+,19-9+. The molecule has 0 bridgehead atoms. The molecule has 0 radical (unpaired) electrons. The second kappa shape index (κ2) is 8.94. The van der Waals surface area contributed by atoms with E-state index in [4.69, 9.17) is 0 Å². The van der Waals surface area contributed by atoms with Crippen LogP contribution in [-0.4, -0.2) is 29.5 Å². The van der Waals surface area contributed by atoms with Gasteiger partial charge in [0.1, 0.15) is 11.5 Å². The first-order valence-corrected chi connectivity index (χ1v) is 10.7. The molecule has 1 aromatic heterocycles. The van der Waals surface area contributed by atoms with Crippen LogP contribution in [-0.2, 0) is 9.59 Å². The molecule has 0 saturated heterocycles. The average Bonchev–Trinajstić information content (AvgIpc) is 3.26. The summed E-state index contributed by atoms with van der Waals surface area (Å²) in [5.41, 5.74) is 1.87. The molecule has 0 atom stereocenters. The van der Waals surface area contributed by atoms with Gasteiger partial charge in [-0.25, -0.2) is 4.98 Å². The fourth-order valence-electron chi connectivity index (χ4n) is 3.95. The van der Waals surface area contributed by atoms with E-state index in [1.165, 1.54) is 24.3 Å². The van der Waals surface area contributed by atoms with E-state index in [0.717, 1.165) is 24.3 Å². The third-order valence-corrected chi connectivity index (χ3v) is 5.39. The summed E-state index contributed by atoms with van der Waals surface area (Å²) in [5, 5.41) is 4.95. The average molecular weight is 533 g/mol. The molecular weight excluding hydrogens is 520 g/mol. The number of nitrogens with one attached hydrogen (secondary N) is 2. The molecule has 0 saturated carbocycles. The monoisotopic (exact) mass is 533 g/mol. The Kier molecular flexibility index (Phi) is 5.85. The van der Waals surface area contributed by atoms with Crippen molar-refractivity contribution in [2.45, 2.75) is 12.7 Å². The predicted octanol–water partition coefficient (Wildman–Crippen LogP) is 5.86. The fraction of sp³-hybridized carbons (Fsp3) is 0.0800. The van der Waals surface area contributed by atoms with Crippen LogP contribution in [0.1, 0.15) is 22.5 Å². The van der Waals surface area contributed by atoms with Crippen LogP contribution >= 0.6 is 0 Å². The summed E-state index contributed by atoms with van der Waals surface area (Å²) in [6, 6.07) is 11.6. The summed E-state index contributed by atoms with van der Waals surface area (Å²) in [5.74, 6) is -2.10. The topological polar surface area (TPSA) is 89.5 Å². The van der Waals surface area contributed by atoms with Crippen molar-refractivity contribution in [3.8, 4) is 11.5 Å². The summed E-state index contributed by atoms with van der Waals surface area (Å²) in [7, 11) is 0. The summed E-state index contributed by atoms with van der Waals surface area (Å²) >= 11 is 0. The Labute approximate surface area is 209 Å². The van der Waals surface area contributed by atoms with E-state index >= 15 is 0 Å². The van der Waals surface area contributed by atoms with Crippen LogP contribution in [0.25, 0.3) is 23.3 Å². The molecule has 194 valence electrons. The zero-order valence-corrected chi connectivity index (χ0v) is 18.7. The molecular formula is C25H13F6N3O4. The zero-order valence-electron chi connectivity index (χ0n) is 18.7. The first-order chi connectivity index (χ1) is 17.8. The molecule has 2 N–H and O–H groups in total. The van der Waals surface area contributed by atoms with Gasteiger partial charge in [0.05, 0.1) is 33.9 Å². The number of anilines is 2. The number of aromatic nitrogens is 1. The van der Waals surface area contributed by atoms with Crippen LogP contribution in [0.15, 0.2) is 54.6 Å². The van der Waals surface area contributed by atoms with E-state index in [9.17, 15) is 35.9 Å². The number of carbonyl (C=O) groups excluding carboxylic acids is 2. The van der Waals surface area contributed by atoms with E-state index in [1.807, 2.05) is 0 Å². The molecule has 0 aliphatic carbocycles. The van der Waals surface area contributed by atoms with Crippen molar-refractivity contribution in [3.63, 3.8) is 0 Å². The number of amides is 2. The molecule has 2 aromatic carbocycles. The normalized spacial score (nSPS) is 16.8. The van der Waals surface area contributed by atoms with Gasteiger partial charge in [0.25, 0.3) is 11.8 Å². The number of pyridine rings is 1. The molecule has 2 amide bonds. The highest BCUT2D eigenvalue weighted by Gasteiger charge is 2.33. The minimum atomic E-state index is -4.88. The van der Waals surface area contributed by atoms with Gasteiger partial charge in [0.15, 0.2) is 0 Å². The first-order valence-electron chi connectivity index (χ1n) is 10.7.